The fraction of sp³-hybridized carbons (Fsp3) is 0.500. The Morgan fingerprint density at radius 1 is 1.46 bits per heavy atom. The number of benzene rings is 1. The van der Waals surface area contributed by atoms with Crippen LogP contribution >= 0.6 is 27.3 Å². The second-order valence-electron chi connectivity index (χ2n) is 7.03. The molecule has 26 heavy (non-hydrogen) atoms. The van der Waals surface area contributed by atoms with Gasteiger partial charge in [-0.3, -0.25) is 9.59 Å². The molecule has 136 valence electrons. The van der Waals surface area contributed by atoms with Crippen molar-refractivity contribution in [2.24, 2.45) is 23.7 Å². The van der Waals surface area contributed by atoms with Gasteiger partial charge in [0.15, 0.2) is 5.13 Å². The summed E-state index contributed by atoms with van der Waals surface area (Å²) in [5.41, 5.74) is 0.820. The van der Waals surface area contributed by atoms with E-state index in [2.05, 4.69) is 26.2 Å². The highest BCUT2D eigenvalue weighted by atomic mass is 79.9. The lowest BCUT2D eigenvalue weighted by atomic mass is 9.79. The molecule has 1 aliphatic heterocycles. The van der Waals surface area contributed by atoms with Crippen molar-refractivity contribution < 1.29 is 19.1 Å². The number of esters is 1. The van der Waals surface area contributed by atoms with Crippen molar-refractivity contribution in [1.29, 1.82) is 0 Å². The van der Waals surface area contributed by atoms with Crippen LogP contribution < -0.4 is 10.1 Å². The summed E-state index contributed by atoms with van der Waals surface area (Å²) < 4.78 is 11.9. The Balaban J connectivity index is 1.39. The lowest BCUT2D eigenvalue weighted by Crippen LogP contribution is -2.40. The van der Waals surface area contributed by atoms with Crippen molar-refractivity contribution in [1.82, 2.24) is 4.98 Å². The molecule has 6 nitrogen and oxygen atoms in total. The Labute approximate surface area is 162 Å². The summed E-state index contributed by atoms with van der Waals surface area (Å²) in [5, 5.41) is 3.48. The highest BCUT2D eigenvalue weighted by Crippen LogP contribution is 2.60. The number of fused-ring (bicyclic) bond motifs is 2. The number of amides is 1. The molecule has 3 aliphatic rings. The van der Waals surface area contributed by atoms with Crippen LogP contribution in [0.2, 0.25) is 0 Å². The summed E-state index contributed by atoms with van der Waals surface area (Å²) in [5.74, 6) is 0.0802. The molecule has 8 heteroatoms. The number of thiazole rings is 1. The summed E-state index contributed by atoms with van der Waals surface area (Å²) in [6.45, 7) is 2.54. The van der Waals surface area contributed by atoms with Crippen molar-refractivity contribution in [3.8, 4) is 5.75 Å². The molecule has 1 N–H and O–H groups in total. The van der Waals surface area contributed by atoms with Gasteiger partial charge in [0.2, 0.25) is 5.91 Å². The Hall–Kier alpha value is -1.67. The molecule has 2 aromatic rings. The van der Waals surface area contributed by atoms with Gasteiger partial charge in [-0.05, 0) is 37.5 Å². The van der Waals surface area contributed by atoms with Gasteiger partial charge in [0.05, 0.1) is 33.5 Å². The van der Waals surface area contributed by atoms with E-state index in [1.165, 1.54) is 11.3 Å². The first-order valence-corrected chi connectivity index (χ1v) is 10.5. The molecular weight excluding hydrogens is 420 g/mol. The molecule has 2 saturated carbocycles. The van der Waals surface area contributed by atoms with Crippen molar-refractivity contribution in [3.63, 3.8) is 0 Å². The van der Waals surface area contributed by atoms with Gasteiger partial charge in [0, 0.05) is 5.92 Å². The second-order valence-corrected chi connectivity index (χ2v) is 9.12. The van der Waals surface area contributed by atoms with Crippen LogP contribution in [0.15, 0.2) is 18.2 Å². The minimum Gasteiger partial charge on any atom is -0.494 e. The number of carbonyl (C=O) groups is 2. The predicted octanol–water partition coefficient (Wildman–Crippen LogP) is 3.20. The quantitative estimate of drug-likeness (QED) is 0.587. The van der Waals surface area contributed by atoms with E-state index in [4.69, 9.17) is 9.47 Å². The monoisotopic (exact) mass is 436 g/mol. The first kappa shape index (κ1) is 16.5. The zero-order chi connectivity index (χ0) is 18.0. The number of aromatic nitrogens is 1. The van der Waals surface area contributed by atoms with E-state index >= 15 is 0 Å². The number of alkyl halides is 1. The second kappa shape index (κ2) is 5.92. The van der Waals surface area contributed by atoms with Crippen molar-refractivity contribution in [2.75, 3.05) is 11.9 Å². The van der Waals surface area contributed by atoms with E-state index < -0.39 is 0 Å². The standard InChI is InChI=1S/C18H17BrN2O4S/c1-2-24-7-3-4-10-11(5-7)26-18(20-10)21-16(22)12-8-6-9-13(12)17(23)25-15(9)14(8)19/h3-5,8-9,12-15H,2,6H2,1H3,(H,20,21,22)/t8-,9-,12-,13-,14-,15+/m1/s1. The maximum atomic E-state index is 12.9. The van der Waals surface area contributed by atoms with Crippen molar-refractivity contribution in [2.45, 2.75) is 24.3 Å². The van der Waals surface area contributed by atoms with Gasteiger partial charge in [-0.15, -0.1) is 0 Å². The number of halogens is 1. The van der Waals surface area contributed by atoms with E-state index in [0.717, 1.165) is 22.4 Å². The summed E-state index contributed by atoms with van der Waals surface area (Å²) >= 11 is 5.05. The van der Waals surface area contributed by atoms with Crippen LogP contribution in [0.1, 0.15) is 13.3 Å². The summed E-state index contributed by atoms with van der Waals surface area (Å²) in [7, 11) is 0. The average Bonchev–Trinajstić information content (AvgIpc) is 3.31. The predicted molar refractivity (Wildman–Crippen MR) is 101 cm³/mol. The molecule has 0 radical (unpaired) electrons. The maximum absolute atomic E-state index is 12.9. The molecule has 1 saturated heterocycles. The first-order valence-electron chi connectivity index (χ1n) is 8.75. The molecule has 1 amide bonds. The number of ether oxygens (including phenoxy) is 2. The van der Waals surface area contributed by atoms with Gasteiger partial charge in [-0.25, -0.2) is 4.98 Å². The lowest BCUT2D eigenvalue weighted by molar-refractivity contribution is -0.145. The van der Waals surface area contributed by atoms with Crippen molar-refractivity contribution >= 4 is 54.5 Å². The molecule has 1 aromatic heterocycles. The topological polar surface area (TPSA) is 77.5 Å². The number of carbonyl (C=O) groups excluding carboxylic acids is 2. The van der Waals surface area contributed by atoms with Crippen LogP contribution in [0.25, 0.3) is 10.2 Å². The van der Waals surface area contributed by atoms with Crippen LogP contribution in [0.5, 0.6) is 5.75 Å². The minimum atomic E-state index is -0.346. The van der Waals surface area contributed by atoms with E-state index in [-0.39, 0.29) is 46.5 Å². The Morgan fingerprint density at radius 3 is 3.12 bits per heavy atom. The molecule has 0 spiro atoms. The fourth-order valence-electron chi connectivity index (χ4n) is 4.73. The zero-order valence-corrected chi connectivity index (χ0v) is 16.4. The summed E-state index contributed by atoms with van der Waals surface area (Å²) in [6.07, 6.45) is 0.799. The van der Waals surface area contributed by atoms with Gasteiger partial charge in [0.1, 0.15) is 11.9 Å². The lowest BCUT2D eigenvalue weighted by Gasteiger charge is -2.27. The number of anilines is 1. The molecule has 6 atom stereocenters. The number of hydrogen-bond acceptors (Lipinski definition) is 6. The molecule has 5 rings (SSSR count). The van der Waals surface area contributed by atoms with Gasteiger partial charge in [-0.1, -0.05) is 27.3 Å². The molecule has 3 fully saturated rings. The van der Waals surface area contributed by atoms with Crippen LogP contribution in [-0.4, -0.2) is 34.4 Å². The van der Waals surface area contributed by atoms with Crippen molar-refractivity contribution in [3.05, 3.63) is 18.2 Å². The molecule has 0 unspecified atom stereocenters. The van der Waals surface area contributed by atoms with E-state index in [0.29, 0.717) is 11.7 Å². The minimum absolute atomic E-state index is 0.0649. The van der Waals surface area contributed by atoms with E-state index in [9.17, 15) is 9.59 Å². The molecule has 1 aromatic carbocycles. The van der Waals surface area contributed by atoms with Crippen LogP contribution in [-0.2, 0) is 14.3 Å². The molecular formula is C18H17BrN2O4S. The Bertz CT molecular complexity index is 916. The average molecular weight is 437 g/mol. The maximum Gasteiger partial charge on any atom is 0.310 e. The van der Waals surface area contributed by atoms with E-state index in [1.807, 2.05) is 25.1 Å². The molecule has 2 bridgehead atoms. The third-order valence-corrected chi connectivity index (χ3v) is 7.86. The van der Waals surface area contributed by atoms with Gasteiger partial charge in [0.25, 0.3) is 0 Å². The number of nitrogens with one attached hydrogen (secondary N) is 1. The van der Waals surface area contributed by atoms with Gasteiger partial charge < -0.3 is 14.8 Å². The third-order valence-electron chi connectivity index (χ3n) is 5.73. The van der Waals surface area contributed by atoms with Crippen LogP contribution in [0, 0.1) is 23.7 Å². The Kier molecular flexibility index (Phi) is 3.76. The molecule has 2 aliphatic carbocycles. The Morgan fingerprint density at radius 2 is 2.31 bits per heavy atom. The zero-order valence-electron chi connectivity index (χ0n) is 14.0. The normalized spacial score (nSPS) is 34.3. The molecule has 2 heterocycles. The summed E-state index contributed by atoms with van der Waals surface area (Å²) in [6, 6.07) is 5.69. The number of rotatable bonds is 4. The number of nitrogens with zero attached hydrogens (tertiary/aromatic N) is 1. The third kappa shape index (κ3) is 2.31. The van der Waals surface area contributed by atoms with E-state index in [1.54, 1.807) is 0 Å². The smallest absolute Gasteiger partial charge is 0.310 e. The SMILES string of the molecule is CCOc1ccc2nc(NC(=O)[C@@H]3[C@H]4C[C@H]5[C@H](OC(=O)[C@H]53)[C@@H]4Br)sc2c1. The summed E-state index contributed by atoms with van der Waals surface area (Å²) in [4.78, 5) is 29.7. The largest absolute Gasteiger partial charge is 0.494 e. The van der Waals surface area contributed by atoms with Gasteiger partial charge in [-0.2, -0.15) is 0 Å². The first-order chi connectivity index (χ1) is 12.6. The fourth-order valence-corrected chi connectivity index (χ4v) is 6.68. The highest BCUT2D eigenvalue weighted by molar-refractivity contribution is 9.09. The van der Waals surface area contributed by atoms with Gasteiger partial charge >= 0.3 is 5.97 Å². The highest BCUT2D eigenvalue weighted by Gasteiger charge is 2.67. The van der Waals surface area contributed by atoms with Crippen LogP contribution in [0.4, 0.5) is 5.13 Å². The van der Waals surface area contributed by atoms with Crippen LogP contribution in [0.3, 0.4) is 0 Å². The number of hydrogen-bond donors (Lipinski definition) is 1.